The first-order valence-electron chi connectivity index (χ1n) is 5.55. The van der Waals surface area contributed by atoms with Crippen LogP contribution in [0.1, 0.15) is 5.69 Å². The molecular weight excluding hydrogens is 299 g/mol. The van der Waals surface area contributed by atoms with Gasteiger partial charge in [-0.1, -0.05) is 29.2 Å². The third-order valence-corrected chi connectivity index (χ3v) is 3.69. The van der Waals surface area contributed by atoms with Gasteiger partial charge in [0.15, 0.2) is 0 Å². The molecule has 1 N–H and O–H groups in total. The van der Waals surface area contributed by atoms with Crippen LogP contribution in [0.5, 0.6) is 0 Å². The standard InChI is InChI=1S/C12H7FN4OS2/c13-7-1-3-9(4-2-7)17-6-8(15-16-17)5-10-11(18)14-12(19)20-10/h1-6H,(H,14,18,19)/b10-5-. The highest BCUT2D eigenvalue weighted by Gasteiger charge is 2.22. The molecule has 8 heteroatoms. The minimum absolute atomic E-state index is 0.240. The van der Waals surface area contributed by atoms with Gasteiger partial charge >= 0.3 is 0 Å². The Balaban J connectivity index is 1.87. The number of carbonyl (C=O) groups is 1. The van der Waals surface area contributed by atoms with Crippen LogP contribution in [-0.4, -0.2) is 25.2 Å². The molecule has 0 unspecified atom stereocenters. The summed E-state index contributed by atoms with van der Waals surface area (Å²) in [6.07, 6.45) is 3.25. The summed E-state index contributed by atoms with van der Waals surface area (Å²) in [6.45, 7) is 0. The zero-order valence-electron chi connectivity index (χ0n) is 9.91. The summed E-state index contributed by atoms with van der Waals surface area (Å²) in [4.78, 5) is 12.0. The first kappa shape index (κ1) is 12.9. The maximum Gasteiger partial charge on any atom is 0.263 e. The second-order valence-electron chi connectivity index (χ2n) is 3.92. The van der Waals surface area contributed by atoms with Gasteiger partial charge in [-0.05, 0) is 30.3 Å². The van der Waals surface area contributed by atoms with Crippen molar-refractivity contribution in [1.29, 1.82) is 0 Å². The lowest BCUT2D eigenvalue weighted by Gasteiger charge is -1.97. The van der Waals surface area contributed by atoms with Crippen molar-refractivity contribution in [3.05, 3.63) is 46.9 Å². The Morgan fingerprint density at radius 1 is 1.35 bits per heavy atom. The lowest BCUT2D eigenvalue weighted by Crippen LogP contribution is -2.17. The molecule has 1 aromatic carbocycles. The number of thiocarbonyl (C=S) groups is 1. The van der Waals surface area contributed by atoms with Crippen molar-refractivity contribution in [3.8, 4) is 5.69 Å². The molecule has 20 heavy (non-hydrogen) atoms. The predicted octanol–water partition coefficient (Wildman–Crippen LogP) is 1.90. The van der Waals surface area contributed by atoms with Gasteiger partial charge in [0.25, 0.3) is 5.91 Å². The molecule has 0 saturated carbocycles. The number of benzene rings is 1. The second kappa shape index (κ2) is 5.14. The van der Waals surface area contributed by atoms with Crippen LogP contribution in [-0.2, 0) is 4.79 Å². The fourth-order valence-corrected chi connectivity index (χ4v) is 2.65. The van der Waals surface area contributed by atoms with Crippen LogP contribution in [0.2, 0.25) is 0 Å². The van der Waals surface area contributed by atoms with Crippen LogP contribution in [0.4, 0.5) is 4.39 Å². The molecule has 0 spiro atoms. The summed E-state index contributed by atoms with van der Waals surface area (Å²) in [6, 6.07) is 5.86. The van der Waals surface area contributed by atoms with Crippen LogP contribution < -0.4 is 5.32 Å². The van der Waals surface area contributed by atoms with E-state index >= 15 is 0 Å². The molecule has 5 nitrogen and oxygen atoms in total. The lowest BCUT2D eigenvalue weighted by atomic mass is 10.3. The number of halogens is 1. The van der Waals surface area contributed by atoms with E-state index in [4.69, 9.17) is 12.2 Å². The fraction of sp³-hybridized carbons (Fsp3) is 0. The van der Waals surface area contributed by atoms with Crippen molar-refractivity contribution in [3.63, 3.8) is 0 Å². The minimum Gasteiger partial charge on any atom is -0.307 e. The van der Waals surface area contributed by atoms with Crippen LogP contribution in [0.15, 0.2) is 35.4 Å². The van der Waals surface area contributed by atoms with Crippen molar-refractivity contribution < 1.29 is 9.18 Å². The van der Waals surface area contributed by atoms with Gasteiger partial charge in [-0.25, -0.2) is 9.07 Å². The molecule has 1 aliphatic rings. The number of hydrogen-bond donors (Lipinski definition) is 1. The van der Waals surface area contributed by atoms with Gasteiger partial charge in [0.2, 0.25) is 0 Å². The Morgan fingerprint density at radius 3 is 2.75 bits per heavy atom. The van der Waals surface area contributed by atoms with E-state index in [1.807, 2.05) is 0 Å². The highest BCUT2D eigenvalue weighted by molar-refractivity contribution is 8.26. The number of carbonyl (C=O) groups excluding carboxylic acids is 1. The number of amides is 1. The Hall–Kier alpha value is -2.06. The molecule has 100 valence electrons. The summed E-state index contributed by atoms with van der Waals surface area (Å²) in [5.41, 5.74) is 1.21. The molecule has 2 aromatic rings. The largest absolute Gasteiger partial charge is 0.307 e. The average Bonchev–Trinajstić information content (AvgIpc) is 2.98. The molecule has 0 bridgehead atoms. The number of aromatic nitrogens is 3. The van der Waals surface area contributed by atoms with Crippen molar-refractivity contribution in [2.75, 3.05) is 0 Å². The first-order chi connectivity index (χ1) is 9.61. The van der Waals surface area contributed by atoms with Crippen molar-refractivity contribution in [2.45, 2.75) is 0 Å². The number of nitrogens with one attached hydrogen (secondary N) is 1. The van der Waals surface area contributed by atoms with Gasteiger partial charge in [0.1, 0.15) is 15.8 Å². The second-order valence-corrected chi connectivity index (χ2v) is 5.64. The van der Waals surface area contributed by atoms with E-state index in [9.17, 15) is 9.18 Å². The molecule has 1 aliphatic heterocycles. The average molecular weight is 306 g/mol. The molecule has 1 saturated heterocycles. The summed E-state index contributed by atoms with van der Waals surface area (Å²) in [5.74, 6) is -0.555. The summed E-state index contributed by atoms with van der Waals surface area (Å²) in [5, 5.41) is 10.4. The zero-order valence-corrected chi connectivity index (χ0v) is 11.5. The number of nitrogens with zero attached hydrogens (tertiary/aromatic N) is 3. The molecule has 1 fully saturated rings. The van der Waals surface area contributed by atoms with E-state index in [0.29, 0.717) is 20.6 Å². The summed E-state index contributed by atoms with van der Waals surface area (Å²) < 4.78 is 14.8. The molecule has 1 amide bonds. The predicted molar refractivity (Wildman–Crippen MR) is 77.6 cm³/mol. The van der Waals surface area contributed by atoms with Gasteiger partial charge in [-0.3, -0.25) is 4.79 Å². The van der Waals surface area contributed by atoms with E-state index in [-0.39, 0.29) is 11.7 Å². The van der Waals surface area contributed by atoms with Gasteiger partial charge in [-0.2, -0.15) is 0 Å². The van der Waals surface area contributed by atoms with Crippen LogP contribution in [0.3, 0.4) is 0 Å². The first-order valence-corrected chi connectivity index (χ1v) is 6.77. The maximum atomic E-state index is 12.8. The van der Waals surface area contributed by atoms with Crippen molar-refractivity contribution in [2.24, 2.45) is 0 Å². The van der Waals surface area contributed by atoms with Gasteiger partial charge in [0.05, 0.1) is 16.8 Å². The van der Waals surface area contributed by atoms with E-state index < -0.39 is 0 Å². The highest BCUT2D eigenvalue weighted by atomic mass is 32.2. The SMILES string of the molecule is O=C1NC(=S)S/C1=C\c1cn(-c2ccc(F)cc2)nn1. The molecule has 3 rings (SSSR count). The zero-order chi connectivity index (χ0) is 14.1. The van der Waals surface area contributed by atoms with Crippen molar-refractivity contribution >= 4 is 40.3 Å². The van der Waals surface area contributed by atoms with Crippen molar-refractivity contribution in [1.82, 2.24) is 20.3 Å². The lowest BCUT2D eigenvalue weighted by molar-refractivity contribution is -0.115. The van der Waals surface area contributed by atoms with E-state index in [1.165, 1.54) is 28.6 Å². The van der Waals surface area contributed by atoms with E-state index in [1.54, 1.807) is 24.4 Å². The normalized spacial score (nSPS) is 16.8. The maximum absolute atomic E-state index is 12.8. The quantitative estimate of drug-likeness (QED) is 0.678. The molecule has 0 aliphatic carbocycles. The number of hydrogen-bond acceptors (Lipinski definition) is 5. The third-order valence-electron chi connectivity index (χ3n) is 2.52. The summed E-state index contributed by atoms with van der Waals surface area (Å²) >= 11 is 6.08. The number of thioether (sulfide) groups is 1. The Labute approximate surface area is 122 Å². The topological polar surface area (TPSA) is 59.8 Å². The minimum atomic E-state index is -0.316. The molecule has 0 radical (unpaired) electrons. The van der Waals surface area contributed by atoms with Crippen LogP contribution in [0, 0.1) is 5.82 Å². The molecule has 2 heterocycles. The molecular formula is C12H7FN4OS2. The monoisotopic (exact) mass is 306 g/mol. The molecule has 1 aromatic heterocycles. The highest BCUT2D eigenvalue weighted by Crippen LogP contribution is 2.25. The van der Waals surface area contributed by atoms with Gasteiger partial charge < -0.3 is 5.32 Å². The molecule has 0 atom stereocenters. The number of rotatable bonds is 2. The summed E-state index contributed by atoms with van der Waals surface area (Å²) in [7, 11) is 0. The van der Waals surface area contributed by atoms with Gasteiger partial charge in [-0.15, -0.1) is 5.10 Å². The van der Waals surface area contributed by atoms with Crippen LogP contribution >= 0.6 is 24.0 Å². The smallest absolute Gasteiger partial charge is 0.263 e. The van der Waals surface area contributed by atoms with Gasteiger partial charge in [0, 0.05) is 0 Å². The Morgan fingerprint density at radius 2 is 2.10 bits per heavy atom. The third kappa shape index (κ3) is 2.61. The Bertz CT molecular complexity index is 723. The van der Waals surface area contributed by atoms with E-state index in [0.717, 1.165) is 0 Å². The van der Waals surface area contributed by atoms with E-state index in [2.05, 4.69) is 15.6 Å². The van der Waals surface area contributed by atoms with Crippen LogP contribution in [0.25, 0.3) is 11.8 Å². The Kier molecular flexibility index (Phi) is 3.33. The fourth-order valence-electron chi connectivity index (χ4n) is 1.62.